The van der Waals surface area contributed by atoms with E-state index in [0.29, 0.717) is 11.6 Å². The van der Waals surface area contributed by atoms with E-state index < -0.39 is 0 Å². The van der Waals surface area contributed by atoms with Crippen LogP contribution in [-0.2, 0) is 11.3 Å². The number of ether oxygens (including phenoxy) is 2. The maximum Gasteiger partial charge on any atom is 0.236 e. The molecule has 2 heterocycles. The molecule has 102 valence electrons. The smallest absolute Gasteiger partial charge is 0.236 e. The Kier molecular flexibility index (Phi) is 3.80. The summed E-state index contributed by atoms with van der Waals surface area (Å²) in [5, 5.41) is 4.37. The predicted octanol–water partition coefficient (Wildman–Crippen LogP) is 2.13. The number of anilines is 1. The molecule has 18 heavy (non-hydrogen) atoms. The Morgan fingerprint density at radius 1 is 1.39 bits per heavy atom. The highest BCUT2D eigenvalue weighted by Crippen LogP contribution is 2.29. The van der Waals surface area contributed by atoms with E-state index in [1.165, 1.54) is 0 Å². The van der Waals surface area contributed by atoms with Gasteiger partial charge in [0.15, 0.2) is 0 Å². The lowest BCUT2D eigenvalue weighted by molar-refractivity contribution is -0.0736. The van der Waals surface area contributed by atoms with E-state index in [4.69, 9.17) is 15.2 Å². The Balaban J connectivity index is 2.13. The fraction of sp³-hybridized carbons (Fsp3) is 0.769. The van der Waals surface area contributed by atoms with Crippen LogP contribution >= 0.6 is 0 Å². The molecule has 0 spiro atoms. The Bertz CT molecular complexity index is 407. The Morgan fingerprint density at radius 3 is 2.56 bits per heavy atom. The van der Waals surface area contributed by atoms with Gasteiger partial charge in [-0.2, -0.15) is 5.10 Å². The minimum Gasteiger partial charge on any atom is -0.473 e. The van der Waals surface area contributed by atoms with Gasteiger partial charge in [0.05, 0.1) is 17.9 Å². The molecule has 2 unspecified atom stereocenters. The number of nitrogens with zero attached hydrogens (tertiary/aromatic N) is 2. The van der Waals surface area contributed by atoms with Crippen molar-refractivity contribution in [2.24, 2.45) is 0 Å². The molecule has 5 heteroatoms. The number of nitrogen functional groups attached to an aromatic ring is 1. The summed E-state index contributed by atoms with van der Waals surface area (Å²) in [6.07, 6.45) is 2.43. The lowest BCUT2D eigenvalue weighted by Gasteiger charge is -2.32. The number of hydrogen-bond donors (Lipinski definition) is 1. The third-order valence-electron chi connectivity index (χ3n) is 3.36. The molecule has 1 fully saturated rings. The highest BCUT2D eigenvalue weighted by atomic mass is 16.5. The van der Waals surface area contributed by atoms with Crippen LogP contribution in [-0.4, -0.2) is 28.1 Å². The number of aryl methyl sites for hydroxylation is 2. The molecule has 0 bridgehead atoms. The molecule has 0 radical (unpaired) electrons. The summed E-state index contributed by atoms with van der Waals surface area (Å²) in [4.78, 5) is 0. The van der Waals surface area contributed by atoms with Gasteiger partial charge in [0.1, 0.15) is 11.8 Å². The van der Waals surface area contributed by atoms with Gasteiger partial charge in [0.2, 0.25) is 5.88 Å². The van der Waals surface area contributed by atoms with Gasteiger partial charge in [-0.25, -0.2) is 4.68 Å². The van der Waals surface area contributed by atoms with Crippen molar-refractivity contribution in [2.45, 2.75) is 65.4 Å². The lowest BCUT2D eigenvalue weighted by atomic mass is 10.0. The van der Waals surface area contributed by atoms with Crippen LogP contribution in [0.2, 0.25) is 0 Å². The van der Waals surface area contributed by atoms with Crippen molar-refractivity contribution in [3.05, 3.63) is 5.69 Å². The van der Waals surface area contributed by atoms with Crippen molar-refractivity contribution in [1.29, 1.82) is 0 Å². The summed E-state index contributed by atoms with van der Waals surface area (Å²) in [7, 11) is 0. The normalized spacial score (nSPS) is 28.3. The van der Waals surface area contributed by atoms with Crippen LogP contribution in [0.5, 0.6) is 5.88 Å². The molecule has 2 rings (SSSR count). The molecule has 0 aromatic carbocycles. The number of nitrogens with two attached hydrogens (primary N) is 1. The van der Waals surface area contributed by atoms with Crippen molar-refractivity contribution < 1.29 is 9.47 Å². The molecular formula is C13H23N3O2. The van der Waals surface area contributed by atoms with E-state index in [-0.39, 0.29) is 18.3 Å². The predicted molar refractivity (Wildman–Crippen MR) is 70.7 cm³/mol. The number of hydrogen-bond acceptors (Lipinski definition) is 4. The first-order chi connectivity index (χ1) is 8.51. The van der Waals surface area contributed by atoms with E-state index in [1.807, 2.05) is 18.5 Å². The Labute approximate surface area is 108 Å². The maximum absolute atomic E-state index is 6.07. The molecule has 1 aromatic heterocycles. The Morgan fingerprint density at radius 2 is 2.00 bits per heavy atom. The molecular weight excluding hydrogens is 230 g/mol. The van der Waals surface area contributed by atoms with Crippen LogP contribution in [0.1, 0.15) is 39.3 Å². The van der Waals surface area contributed by atoms with Gasteiger partial charge in [-0.15, -0.1) is 0 Å². The summed E-state index contributed by atoms with van der Waals surface area (Å²) in [6, 6.07) is 0. The van der Waals surface area contributed by atoms with Gasteiger partial charge in [-0.1, -0.05) is 0 Å². The van der Waals surface area contributed by atoms with Gasteiger partial charge in [-0.3, -0.25) is 0 Å². The molecule has 1 aliphatic heterocycles. The number of aromatic nitrogens is 2. The molecule has 0 amide bonds. The minimum absolute atomic E-state index is 0.160. The van der Waals surface area contributed by atoms with Crippen molar-refractivity contribution >= 4 is 5.69 Å². The zero-order valence-electron chi connectivity index (χ0n) is 11.6. The van der Waals surface area contributed by atoms with Gasteiger partial charge in [0.25, 0.3) is 0 Å². The largest absolute Gasteiger partial charge is 0.473 e. The molecule has 2 N–H and O–H groups in total. The first-order valence-electron chi connectivity index (χ1n) is 6.66. The zero-order valence-corrected chi connectivity index (χ0v) is 11.6. The quantitative estimate of drug-likeness (QED) is 0.896. The van der Waals surface area contributed by atoms with E-state index in [1.54, 1.807) is 0 Å². The summed E-state index contributed by atoms with van der Waals surface area (Å²) in [5.41, 5.74) is 7.52. The molecule has 0 saturated carbocycles. The minimum atomic E-state index is 0.160. The van der Waals surface area contributed by atoms with Crippen LogP contribution in [0.15, 0.2) is 0 Å². The number of rotatable bonds is 3. The van der Waals surface area contributed by atoms with Crippen LogP contribution in [0.25, 0.3) is 0 Å². The third-order valence-corrected chi connectivity index (χ3v) is 3.36. The SMILES string of the molecule is CCn1nc(C)c(N)c1OC1CC(C)OC(C)C1. The van der Waals surface area contributed by atoms with Crippen molar-refractivity contribution in [2.75, 3.05) is 5.73 Å². The van der Waals surface area contributed by atoms with Gasteiger partial charge >= 0.3 is 0 Å². The summed E-state index contributed by atoms with van der Waals surface area (Å²) < 4.78 is 13.6. The van der Waals surface area contributed by atoms with Crippen molar-refractivity contribution in [3.63, 3.8) is 0 Å². The molecule has 1 saturated heterocycles. The van der Waals surface area contributed by atoms with Crippen LogP contribution in [0, 0.1) is 6.92 Å². The standard InChI is InChI=1S/C13H23N3O2/c1-5-16-13(12(14)10(4)15-16)18-11-6-8(2)17-9(3)7-11/h8-9,11H,5-7,14H2,1-4H3. The van der Waals surface area contributed by atoms with Crippen LogP contribution in [0.4, 0.5) is 5.69 Å². The van der Waals surface area contributed by atoms with E-state index in [2.05, 4.69) is 18.9 Å². The van der Waals surface area contributed by atoms with Gasteiger partial charge in [0, 0.05) is 19.4 Å². The van der Waals surface area contributed by atoms with Crippen LogP contribution in [0.3, 0.4) is 0 Å². The fourth-order valence-electron chi connectivity index (χ4n) is 2.51. The second kappa shape index (κ2) is 5.18. The summed E-state index contributed by atoms with van der Waals surface area (Å²) >= 11 is 0. The zero-order chi connectivity index (χ0) is 13.3. The highest BCUT2D eigenvalue weighted by molar-refractivity contribution is 5.52. The summed E-state index contributed by atoms with van der Waals surface area (Å²) in [6.45, 7) is 8.87. The monoisotopic (exact) mass is 253 g/mol. The maximum atomic E-state index is 6.07. The molecule has 2 atom stereocenters. The lowest BCUT2D eigenvalue weighted by Crippen LogP contribution is -2.36. The second-order valence-electron chi connectivity index (χ2n) is 5.09. The topological polar surface area (TPSA) is 62.3 Å². The van der Waals surface area contributed by atoms with Gasteiger partial charge in [-0.05, 0) is 27.7 Å². The van der Waals surface area contributed by atoms with E-state index in [9.17, 15) is 0 Å². The van der Waals surface area contributed by atoms with E-state index in [0.717, 1.165) is 25.1 Å². The first-order valence-corrected chi connectivity index (χ1v) is 6.66. The fourth-order valence-corrected chi connectivity index (χ4v) is 2.51. The highest BCUT2D eigenvalue weighted by Gasteiger charge is 2.27. The summed E-state index contributed by atoms with van der Waals surface area (Å²) in [5.74, 6) is 0.710. The third kappa shape index (κ3) is 2.61. The molecule has 5 nitrogen and oxygen atoms in total. The van der Waals surface area contributed by atoms with Crippen molar-refractivity contribution in [3.8, 4) is 5.88 Å². The van der Waals surface area contributed by atoms with Crippen LogP contribution < -0.4 is 10.5 Å². The van der Waals surface area contributed by atoms with Crippen molar-refractivity contribution in [1.82, 2.24) is 9.78 Å². The average Bonchev–Trinajstić information content (AvgIpc) is 2.55. The first kappa shape index (κ1) is 13.2. The molecule has 0 aliphatic carbocycles. The molecule has 1 aromatic rings. The molecule has 1 aliphatic rings. The second-order valence-corrected chi connectivity index (χ2v) is 5.09. The van der Waals surface area contributed by atoms with Gasteiger partial charge < -0.3 is 15.2 Å². The Hall–Kier alpha value is -1.23. The average molecular weight is 253 g/mol. The van der Waals surface area contributed by atoms with E-state index >= 15 is 0 Å².